The van der Waals surface area contributed by atoms with Gasteiger partial charge in [0.15, 0.2) is 0 Å². The molecule has 0 aliphatic carbocycles. The topological polar surface area (TPSA) is 61.4 Å². The van der Waals surface area contributed by atoms with Gasteiger partial charge in [0.2, 0.25) is 11.8 Å². The van der Waals surface area contributed by atoms with Crippen molar-refractivity contribution in [2.45, 2.75) is 44.7 Å². The number of rotatable bonds is 3. The molecule has 2 heterocycles. The molecule has 2 unspecified atom stereocenters. The van der Waals surface area contributed by atoms with Crippen LogP contribution in [0.15, 0.2) is 0 Å². The molecule has 18 heavy (non-hydrogen) atoms. The third-order valence-corrected chi connectivity index (χ3v) is 3.62. The van der Waals surface area contributed by atoms with Crippen LogP contribution in [-0.4, -0.2) is 48.4 Å². The Hall–Kier alpha value is -0.810. The van der Waals surface area contributed by atoms with Crippen LogP contribution in [0.3, 0.4) is 0 Å². The molecule has 2 N–H and O–H groups in total. The predicted octanol–water partition coefficient (Wildman–Crippen LogP) is 0.287. The van der Waals surface area contributed by atoms with Crippen molar-refractivity contribution in [3.63, 3.8) is 0 Å². The molecule has 5 nitrogen and oxygen atoms in total. The molecular formula is C12H22ClN3O2. The number of carbonyl (C=O) groups excluding carboxylic acids is 2. The molecule has 0 aromatic rings. The lowest BCUT2D eigenvalue weighted by atomic mass is 10.1. The highest BCUT2D eigenvalue weighted by Gasteiger charge is 2.32. The lowest BCUT2D eigenvalue weighted by molar-refractivity contribution is -0.143. The number of nitrogens with one attached hydrogen (secondary N) is 2. The fourth-order valence-corrected chi connectivity index (χ4v) is 2.68. The summed E-state index contributed by atoms with van der Waals surface area (Å²) >= 11 is 0. The molecule has 0 saturated carbocycles. The normalized spacial score (nSPS) is 27.6. The molecule has 2 amide bonds. The minimum atomic E-state index is -0.266. The van der Waals surface area contributed by atoms with Gasteiger partial charge in [0, 0.05) is 25.6 Å². The maximum Gasteiger partial charge on any atom is 0.242 e. The van der Waals surface area contributed by atoms with Crippen molar-refractivity contribution < 1.29 is 9.59 Å². The highest BCUT2D eigenvalue weighted by atomic mass is 35.5. The number of hydrogen-bond acceptors (Lipinski definition) is 3. The highest BCUT2D eigenvalue weighted by Crippen LogP contribution is 2.14. The van der Waals surface area contributed by atoms with Crippen molar-refractivity contribution in [1.29, 1.82) is 0 Å². The summed E-state index contributed by atoms with van der Waals surface area (Å²) in [6.07, 6.45) is 3.44. The Morgan fingerprint density at radius 1 is 1.44 bits per heavy atom. The van der Waals surface area contributed by atoms with Gasteiger partial charge in [-0.3, -0.25) is 9.59 Å². The Morgan fingerprint density at radius 3 is 2.83 bits per heavy atom. The van der Waals surface area contributed by atoms with Gasteiger partial charge in [-0.15, -0.1) is 12.4 Å². The van der Waals surface area contributed by atoms with E-state index in [1.54, 1.807) is 4.90 Å². The second-order valence-corrected chi connectivity index (χ2v) is 4.80. The van der Waals surface area contributed by atoms with Gasteiger partial charge in [0.1, 0.15) is 6.04 Å². The molecule has 6 heteroatoms. The number of hydrogen-bond donors (Lipinski definition) is 2. The molecule has 0 bridgehead atoms. The number of halogens is 1. The fraction of sp³-hybridized carbons (Fsp3) is 0.833. The van der Waals surface area contributed by atoms with E-state index in [0.29, 0.717) is 32.0 Å². The van der Waals surface area contributed by atoms with E-state index >= 15 is 0 Å². The molecule has 0 radical (unpaired) electrons. The zero-order valence-electron chi connectivity index (χ0n) is 10.8. The van der Waals surface area contributed by atoms with Crippen molar-refractivity contribution in [3.05, 3.63) is 0 Å². The summed E-state index contributed by atoms with van der Waals surface area (Å²) < 4.78 is 0. The highest BCUT2D eigenvalue weighted by molar-refractivity contribution is 5.88. The van der Waals surface area contributed by atoms with Crippen LogP contribution >= 0.6 is 12.4 Å². The Kier molecular flexibility index (Phi) is 5.88. The van der Waals surface area contributed by atoms with Gasteiger partial charge in [0.25, 0.3) is 0 Å². The predicted molar refractivity (Wildman–Crippen MR) is 71.7 cm³/mol. The molecule has 0 spiro atoms. The van der Waals surface area contributed by atoms with Crippen LogP contribution in [0.4, 0.5) is 0 Å². The zero-order chi connectivity index (χ0) is 12.3. The minimum absolute atomic E-state index is 0. The maximum absolute atomic E-state index is 12.2. The van der Waals surface area contributed by atoms with Crippen LogP contribution in [0, 0.1) is 0 Å². The van der Waals surface area contributed by atoms with E-state index in [4.69, 9.17) is 0 Å². The van der Waals surface area contributed by atoms with Crippen molar-refractivity contribution in [2.75, 3.05) is 19.6 Å². The first-order valence-corrected chi connectivity index (χ1v) is 6.53. The van der Waals surface area contributed by atoms with E-state index in [1.165, 1.54) is 0 Å². The second kappa shape index (κ2) is 6.95. The quantitative estimate of drug-likeness (QED) is 0.778. The number of carbonyl (C=O) groups is 2. The SMILES string of the molecule is CCC1C(=O)NCCN1C(=O)CC1CCCN1.Cl. The first-order chi connectivity index (χ1) is 8.22. The van der Waals surface area contributed by atoms with E-state index in [0.717, 1.165) is 19.4 Å². The Bertz CT molecular complexity index is 306. The fourth-order valence-electron chi connectivity index (χ4n) is 2.68. The molecule has 2 rings (SSSR count). The number of nitrogens with zero attached hydrogens (tertiary/aromatic N) is 1. The first kappa shape index (κ1) is 15.2. The third-order valence-electron chi connectivity index (χ3n) is 3.62. The summed E-state index contributed by atoms with van der Waals surface area (Å²) in [5, 5.41) is 6.14. The van der Waals surface area contributed by atoms with Crippen LogP contribution in [0.25, 0.3) is 0 Å². The molecule has 2 fully saturated rings. The van der Waals surface area contributed by atoms with Crippen molar-refractivity contribution in [3.8, 4) is 0 Å². The van der Waals surface area contributed by atoms with Gasteiger partial charge < -0.3 is 15.5 Å². The van der Waals surface area contributed by atoms with E-state index in [-0.39, 0.29) is 30.3 Å². The number of amides is 2. The van der Waals surface area contributed by atoms with Crippen molar-refractivity contribution in [1.82, 2.24) is 15.5 Å². The number of piperazine rings is 1. The van der Waals surface area contributed by atoms with Gasteiger partial charge in [-0.05, 0) is 25.8 Å². The average Bonchev–Trinajstić information content (AvgIpc) is 2.81. The maximum atomic E-state index is 12.2. The molecule has 0 aromatic heterocycles. The van der Waals surface area contributed by atoms with Gasteiger partial charge in [-0.1, -0.05) is 6.92 Å². The summed E-state index contributed by atoms with van der Waals surface area (Å²) in [6.45, 7) is 4.19. The second-order valence-electron chi connectivity index (χ2n) is 4.80. The molecule has 0 aromatic carbocycles. The summed E-state index contributed by atoms with van der Waals surface area (Å²) in [5.74, 6) is 0.109. The summed E-state index contributed by atoms with van der Waals surface area (Å²) in [6, 6.07) is 0.0441. The first-order valence-electron chi connectivity index (χ1n) is 6.53. The van der Waals surface area contributed by atoms with Crippen LogP contribution in [-0.2, 0) is 9.59 Å². The molecule has 2 aliphatic heterocycles. The standard InChI is InChI=1S/C12H21N3O2.ClH/c1-2-10-12(17)14-6-7-15(10)11(16)8-9-4-3-5-13-9;/h9-10,13H,2-8H2,1H3,(H,14,17);1H. The van der Waals surface area contributed by atoms with Crippen LogP contribution in [0.5, 0.6) is 0 Å². The van der Waals surface area contributed by atoms with E-state index in [1.807, 2.05) is 6.92 Å². The Balaban J connectivity index is 0.00000162. The van der Waals surface area contributed by atoms with Gasteiger partial charge in [-0.25, -0.2) is 0 Å². The minimum Gasteiger partial charge on any atom is -0.353 e. The zero-order valence-corrected chi connectivity index (χ0v) is 11.6. The van der Waals surface area contributed by atoms with Crippen LogP contribution < -0.4 is 10.6 Å². The largest absolute Gasteiger partial charge is 0.353 e. The van der Waals surface area contributed by atoms with E-state index in [9.17, 15) is 9.59 Å². The van der Waals surface area contributed by atoms with E-state index in [2.05, 4.69) is 10.6 Å². The summed E-state index contributed by atoms with van der Waals surface area (Å²) in [7, 11) is 0. The van der Waals surface area contributed by atoms with Crippen molar-refractivity contribution in [2.24, 2.45) is 0 Å². The van der Waals surface area contributed by atoms with Crippen molar-refractivity contribution >= 4 is 24.2 Å². The average molecular weight is 276 g/mol. The van der Waals surface area contributed by atoms with Crippen LogP contribution in [0.1, 0.15) is 32.6 Å². The summed E-state index contributed by atoms with van der Waals surface area (Å²) in [4.78, 5) is 25.6. The molecule has 2 saturated heterocycles. The van der Waals surface area contributed by atoms with Gasteiger partial charge in [0.05, 0.1) is 0 Å². The molecular weight excluding hydrogens is 254 g/mol. The molecule has 2 atom stereocenters. The van der Waals surface area contributed by atoms with Gasteiger partial charge >= 0.3 is 0 Å². The van der Waals surface area contributed by atoms with E-state index < -0.39 is 0 Å². The summed E-state index contributed by atoms with van der Waals surface area (Å²) in [5.41, 5.74) is 0. The molecule has 2 aliphatic rings. The smallest absolute Gasteiger partial charge is 0.242 e. The monoisotopic (exact) mass is 275 g/mol. The Labute approximate surface area is 114 Å². The van der Waals surface area contributed by atoms with Crippen LogP contribution in [0.2, 0.25) is 0 Å². The van der Waals surface area contributed by atoms with Gasteiger partial charge in [-0.2, -0.15) is 0 Å². The lowest BCUT2D eigenvalue weighted by Gasteiger charge is -2.35. The lowest BCUT2D eigenvalue weighted by Crippen LogP contribution is -2.57. The Morgan fingerprint density at radius 2 is 2.22 bits per heavy atom. The third kappa shape index (κ3) is 3.36. The molecule has 104 valence electrons.